The number of nitrogens with zero attached hydrogens (tertiary/aromatic N) is 1. The minimum Gasteiger partial charge on any atom is -0.395 e. The van der Waals surface area contributed by atoms with Crippen LogP contribution in [-0.2, 0) is 6.54 Å². The van der Waals surface area contributed by atoms with E-state index in [-0.39, 0.29) is 6.61 Å². The minimum atomic E-state index is 0.199. The molecule has 0 saturated heterocycles. The molecule has 0 saturated carbocycles. The van der Waals surface area contributed by atoms with Gasteiger partial charge in [0.05, 0.1) is 6.61 Å². The van der Waals surface area contributed by atoms with Gasteiger partial charge in [0.25, 0.3) is 0 Å². The van der Waals surface area contributed by atoms with Gasteiger partial charge in [-0.15, -0.1) is 0 Å². The van der Waals surface area contributed by atoms with Gasteiger partial charge in [-0.2, -0.15) is 0 Å². The second-order valence-corrected chi connectivity index (χ2v) is 4.55. The van der Waals surface area contributed by atoms with E-state index in [1.807, 2.05) is 7.05 Å². The SMILES string of the molecule is CCC(CC)N(CCO)c1ccccc1CNC. The van der Waals surface area contributed by atoms with Crippen LogP contribution in [0.1, 0.15) is 32.3 Å². The van der Waals surface area contributed by atoms with E-state index < -0.39 is 0 Å². The first-order valence-electron chi connectivity index (χ1n) is 6.88. The lowest BCUT2D eigenvalue weighted by Gasteiger charge is -2.33. The van der Waals surface area contributed by atoms with Crippen LogP contribution in [0.5, 0.6) is 0 Å². The van der Waals surface area contributed by atoms with Gasteiger partial charge in [0.2, 0.25) is 0 Å². The molecular weight excluding hydrogens is 224 g/mol. The summed E-state index contributed by atoms with van der Waals surface area (Å²) in [6.45, 7) is 6.17. The first-order chi connectivity index (χ1) is 8.78. The van der Waals surface area contributed by atoms with Crippen LogP contribution in [0.25, 0.3) is 0 Å². The van der Waals surface area contributed by atoms with Gasteiger partial charge in [-0.25, -0.2) is 0 Å². The number of rotatable bonds is 8. The highest BCUT2D eigenvalue weighted by Gasteiger charge is 2.17. The third-order valence-electron chi connectivity index (χ3n) is 3.39. The highest BCUT2D eigenvalue weighted by molar-refractivity contribution is 5.54. The molecule has 0 aliphatic carbocycles. The highest BCUT2D eigenvalue weighted by atomic mass is 16.3. The molecule has 0 aliphatic rings. The molecule has 0 atom stereocenters. The Hall–Kier alpha value is -1.06. The Kier molecular flexibility index (Phi) is 6.76. The fourth-order valence-electron chi connectivity index (χ4n) is 2.47. The Labute approximate surface area is 111 Å². The van der Waals surface area contributed by atoms with Crippen molar-refractivity contribution in [3.8, 4) is 0 Å². The molecule has 0 unspecified atom stereocenters. The van der Waals surface area contributed by atoms with Gasteiger partial charge in [-0.3, -0.25) is 0 Å². The molecule has 0 radical (unpaired) electrons. The fourth-order valence-corrected chi connectivity index (χ4v) is 2.47. The molecule has 0 bridgehead atoms. The average Bonchev–Trinajstić information content (AvgIpc) is 2.40. The van der Waals surface area contributed by atoms with Gasteiger partial charge in [-0.1, -0.05) is 32.0 Å². The number of hydrogen-bond acceptors (Lipinski definition) is 3. The molecule has 18 heavy (non-hydrogen) atoms. The molecule has 2 N–H and O–H groups in total. The van der Waals surface area contributed by atoms with Gasteiger partial charge in [0, 0.05) is 24.8 Å². The molecule has 1 rings (SSSR count). The summed E-state index contributed by atoms with van der Waals surface area (Å²) in [7, 11) is 1.96. The summed E-state index contributed by atoms with van der Waals surface area (Å²) in [5.74, 6) is 0. The van der Waals surface area contributed by atoms with E-state index in [2.05, 4.69) is 48.3 Å². The predicted molar refractivity (Wildman–Crippen MR) is 78.0 cm³/mol. The van der Waals surface area contributed by atoms with Crippen LogP contribution < -0.4 is 10.2 Å². The number of hydrogen-bond donors (Lipinski definition) is 2. The normalized spacial score (nSPS) is 10.9. The van der Waals surface area contributed by atoms with Gasteiger partial charge in [0.1, 0.15) is 0 Å². The Morgan fingerprint density at radius 3 is 2.44 bits per heavy atom. The molecule has 0 aromatic heterocycles. The maximum absolute atomic E-state index is 9.30. The van der Waals surface area contributed by atoms with Gasteiger partial charge in [0.15, 0.2) is 0 Å². The van der Waals surface area contributed by atoms with Crippen LogP contribution >= 0.6 is 0 Å². The minimum absolute atomic E-state index is 0.199. The van der Waals surface area contributed by atoms with Crippen LogP contribution in [0, 0.1) is 0 Å². The number of para-hydroxylation sites is 1. The third kappa shape index (κ3) is 3.72. The van der Waals surface area contributed by atoms with Crippen LogP contribution in [0.4, 0.5) is 5.69 Å². The van der Waals surface area contributed by atoms with Crippen molar-refractivity contribution in [2.24, 2.45) is 0 Å². The van der Waals surface area contributed by atoms with Crippen LogP contribution in [0.15, 0.2) is 24.3 Å². The second-order valence-electron chi connectivity index (χ2n) is 4.55. The highest BCUT2D eigenvalue weighted by Crippen LogP contribution is 2.24. The molecule has 102 valence electrons. The van der Waals surface area contributed by atoms with Crippen molar-refractivity contribution in [1.82, 2.24) is 5.32 Å². The maximum atomic E-state index is 9.30. The zero-order valence-corrected chi connectivity index (χ0v) is 11.8. The van der Waals surface area contributed by atoms with Crippen LogP contribution in [-0.4, -0.2) is 31.3 Å². The summed E-state index contributed by atoms with van der Waals surface area (Å²) in [6, 6.07) is 8.94. The lowest BCUT2D eigenvalue weighted by Crippen LogP contribution is -2.37. The zero-order chi connectivity index (χ0) is 13.4. The predicted octanol–water partition coefficient (Wildman–Crippen LogP) is 2.39. The van der Waals surface area contributed by atoms with Crippen LogP contribution in [0.3, 0.4) is 0 Å². The van der Waals surface area contributed by atoms with E-state index >= 15 is 0 Å². The van der Waals surface area contributed by atoms with Crippen molar-refractivity contribution in [3.05, 3.63) is 29.8 Å². The summed E-state index contributed by atoms with van der Waals surface area (Å²) in [4.78, 5) is 2.34. The van der Waals surface area contributed by atoms with Crippen molar-refractivity contribution >= 4 is 5.69 Å². The molecule has 3 nitrogen and oxygen atoms in total. The Morgan fingerprint density at radius 2 is 1.89 bits per heavy atom. The van der Waals surface area contributed by atoms with E-state index in [0.29, 0.717) is 12.6 Å². The molecular formula is C15H26N2O. The van der Waals surface area contributed by atoms with Crippen molar-refractivity contribution in [3.63, 3.8) is 0 Å². The van der Waals surface area contributed by atoms with Crippen molar-refractivity contribution in [2.75, 3.05) is 25.1 Å². The molecule has 1 aromatic carbocycles. The monoisotopic (exact) mass is 250 g/mol. The number of benzene rings is 1. The van der Waals surface area contributed by atoms with Crippen molar-refractivity contribution in [1.29, 1.82) is 0 Å². The number of aliphatic hydroxyl groups excluding tert-OH is 1. The lowest BCUT2D eigenvalue weighted by atomic mass is 10.1. The van der Waals surface area contributed by atoms with E-state index in [9.17, 15) is 5.11 Å². The largest absolute Gasteiger partial charge is 0.395 e. The summed E-state index contributed by atoms with van der Waals surface area (Å²) in [5, 5.41) is 12.5. The van der Waals surface area contributed by atoms with Gasteiger partial charge in [-0.05, 0) is 31.5 Å². The van der Waals surface area contributed by atoms with Crippen LogP contribution in [0.2, 0.25) is 0 Å². The number of nitrogens with one attached hydrogen (secondary N) is 1. The molecule has 0 amide bonds. The van der Waals surface area contributed by atoms with Gasteiger partial charge >= 0.3 is 0 Å². The molecule has 0 aliphatic heterocycles. The summed E-state index contributed by atoms with van der Waals surface area (Å²) in [6.07, 6.45) is 2.20. The molecule has 0 heterocycles. The Balaban J connectivity index is 3.03. The maximum Gasteiger partial charge on any atom is 0.0606 e. The van der Waals surface area contributed by atoms with E-state index in [0.717, 1.165) is 19.4 Å². The molecule has 0 spiro atoms. The first-order valence-corrected chi connectivity index (χ1v) is 6.88. The topological polar surface area (TPSA) is 35.5 Å². The zero-order valence-electron chi connectivity index (χ0n) is 11.8. The first kappa shape index (κ1) is 15.0. The number of anilines is 1. The number of aliphatic hydroxyl groups is 1. The van der Waals surface area contributed by atoms with Crippen molar-refractivity contribution in [2.45, 2.75) is 39.3 Å². The molecule has 0 fully saturated rings. The van der Waals surface area contributed by atoms with E-state index in [1.165, 1.54) is 11.3 Å². The molecule has 3 heteroatoms. The second kappa shape index (κ2) is 8.11. The van der Waals surface area contributed by atoms with E-state index in [1.54, 1.807) is 0 Å². The molecule has 1 aromatic rings. The third-order valence-corrected chi connectivity index (χ3v) is 3.39. The smallest absolute Gasteiger partial charge is 0.0606 e. The standard InChI is InChI=1S/C15H26N2O/c1-4-14(5-2)17(10-11-18)15-9-7-6-8-13(15)12-16-3/h6-9,14,16,18H,4-5,10-12H2,1-3H3. The Bertz CT molecular complexity index is 337. The lowest BCUT2D eigenvalue weighted by molar-refractivity contribution is 0.296. The quantitative estimate of drug-likeness (QED) is 0.743. The van der Waals surface area contributed by atoms with Gasteiger partial charge < -0.3 is 15.3 Å². The summed E-state index contributed by atoms with van der Waals surface area (Å²) < 4.78 is 0. The summed E-state index contributed by atoms with van der Waals surface area (Å²) in [5.41, 5.74) is 2.54. The Morgan fingerprint density at radius 1 is 1.22 bits per heavy atom. The van der Waals surface area contributed by atoms with E-state index in [4.69, 9.17) is 0 Å². The average molecular weight is 250 g/mol. The summed E-state index contributed by atoms with van der Waals surface area (Å²) >= 11 is 0. The van der Waals surface area contributed by atoms with Crippen molar-refractivity contribution < 1.29 is 5.11 Å². The fraction of sp³-hybridized carbons (Fsp3) is 0.600.